The Morgan fingerprint density at radius 1 is 0.938 bits per heavy atom. The minimum atomic E-state index is -4.27. The van der Waals surface area contributed by atoms with Gasteiger partial charge in [-0.15, -0.1) is 0 Å². The van der Waals surface area contributed by atoms with Gasteiger partial charge in [0.15, 0.2) is 0 Å². The summed E-state index contributed by atoms with van der Waals surface area (Å²) in [5.41, 5.74) is 1.24. The Hall–Kier alpha value is -3.23. The Balaban J connectivity index is 1.82. The summed E-state index contributed by atoms with van der Waals surface area (Å²) in [6, 6.07) is 19.6. The molecule has 0 spiro atoms. The lowest BCUT2D eigenvalue weighted by atomic mass is 10.1. The molecule has 3 rings (SSSR count). The van der Waals surface area contributed by atoms with Crippen LogP contribution in [0.5, 0.6) is 5.75 Å². The highest BCUT2D eigenvalue weighted by molar-refractivity contribution is 7.89. The van der Waals surface area contributed by atoms with Gasteiger partial charge < -0.3 is 10.1 Å². The number of amides is 1. The normalized spacial score (nSPS) is 12.4. The summed E-state index contributed by atoms with van der Waals surface area (Å²) in [6.07, 6.45) is 0.105. The molecule has 0 fully saturated rings. The van der Waals surface area contributed by atoms with Crippen LogP contribution in [0, 0.1) is 5.82 Å². The summed E-state index contributed by atoms with van der Waals surface area (Å²) in [5.74, 6) is -0.801. The lowest BCUT2D eigenvalue weighted by Gasteiger charge is -2.19. The molecule has 0 unspecified atom stereocenters. The maximum Gasteiger partial charge on any atom is 0.244 e. The smallest absolute Gasteiger partial charge is 0.244 e. The van der Waals surface area contributed by atoms with Crippen LogP contribution in [0.3, 0.4) is 0 Å². The zero-order chi connectivity index (χ0) is 23.1. The van der Waals surface area contributed by atoms with Crippen molar-refractivity contribution in [2.45, 2.75) is 37.3 Å². The Bertz CT molecular complexity index is 1150. The summed E-state index contributed by atoms with van der Waals surface area (Å²) in [4.78, 5) is 12.5. The fraction of sp³-hybridized carbons (Fsp3) is 0.208. The van der Waals surface area contributed by atoms with Gasteiger partial charge >= 0.3 is 0 Å². The van der Waals surface area contributed by atoms with Crippen LogP contribution >= 0.6 is 0 Å². The van der Waals surface area contributed by atoms with Crippen LogP contribution < -0.4 is 14.8 Å². The Morgan fingerprint density at radius 3 is 2.19 bits per heavy atom. The summed E-state index contributed by atoms with van der Waals surface area (Å²) >= 11 is 0. The minimum Gasteiger partial charge on any atom is -0.491 e. The second-order valence-corrected chi connectivity index (χ2v) is 9.16. The fourth-order valence-electron chi connectivity index (χ4n) is 3.07. The SMILES string of the molecule is CC(C)Oc1ccc(NC(=O)[C@H](Cc2ccccc2)NS(=O)(=O)c2ccccc2F)cc1. The third kappa shape index (κ3) is 6.38. The number of anilines is 1. The van der Waals surface area contributed by atoms with E-state index in [-0.39, 0.29) is 12.5 Å². The number of ether oxygens (including phenoxy) is 1. The van der Waals surface area contributed by atoms with E-state index in [2.05, 4.69) is 10.0 Å². The van der Waals surface area contributed by atoms with Gasteiger partial charge in [-0.25, -0.2) is 12.8 Å². The number of benzene rings is 3. The molecule has 0 aliphatic heterocycles. The number of hydrogen-bond donors (Lipinski definition) is 2. The molecule has 168 valence electrons. The van der Waals surface area contributed by atoms with Crippen LogP contribution in [0.15, 0.2) is 83.8 Å². The third-order valence-corrected chi connectivity index (χ3v) is 6.02. The molecule has 6 nitrogen and oxygen atoms in total. The molecule has 0 saturated carbocycles. The van der Waals surface area contributed by atoms with Crippen molar-refractivity contribution in [3.05, 3.63) is 90.2 Å². The largest absolute Gasteiger partial charge is 0.491 e. The molecular weight excluding hydrogens is 431 g/mol. The first kappa shape index (κ1) is 23.4. The predicted octanol–water partition coefficient (Wildman–Crippen LogP) is 4.14. The number of carbonyl (C=O) groups is 1. The van der Waals surface area contributed by atoms with Gasteiger partial charge in [0.05, 0.1) is 6.10 Å². The van der Waals surface area contributed by atoms with E-state index in [1.807, 2.05) is 19.9 Å². The standard InChI is InChI=1S/C24H25FN2O4S/c1-17(2)31-20-14-12-19(13-15-20)26-24(28)22(16-18-8-4-3-5-9-18)27-32(29,30)23-11-7-6-10-21(23)25/h3-15,17,22,27H,16H2,1-2H3,(H,26,28)/t22-/m0/s1. The average Bonchev–Trinajstić information content (AvgIpc) is 2.75. The first-order chi connectivity index (χ1) is 15.2. The van der Waals surface area contributed by atoms with Crippen molar-refractivity contribution in [2.24, 2.45) is 0 Å². The molecule has 0 saturated heterocycles. The van der Waals surface area contributed by atoms with Gasteiger partial charge in [-0.3, -0.25) is 4.79 Å². The molecular formula is C24H25FN2O4S. The van der Waals surface area contributed by atoms with Gasteiger partial charge in [0.2, 0.25) is 15.9 Å². The molecule has 0 bridgehead atoms. The van der Waals surface area contributed by atoms with Gasteiger partial charge in [-0.1, -0.05) is 42.5 Å². The highest BCUT2D eigenvalue weighted by Gasteiger charge is 2.28. The number of nitrogens with one attached hydrogen (secondary N) is 2. The van der Waals surface area contributed by atoms with E-state index < -0.39 is 32.7 Å². The van der Waals surface area contributed by atoms with Gasteiger partial charge in [-0.2, -0.15) is 4.72 Å². The molecule has 3 aromatic carbocycles. The lowest BCUT2D eigenvalue weighted by Crippen LogP contribution is -2.45. The van der Waals surface area contributed by atoms with Crippen molar-refractivity contribution in [3.8, 4) is 5.75 Å². The van der Waals surface area contributed by atoms with E-state index in [9.17, 15) is 17.6 Å². The van der Waals surface area contributed by atoms with Crippen LogP contribution in [0.2, 0.25) is 0 Å². The third-order valence-electron chi connectivity index (χ3n) is 4.52. The molecule has 0 aliphatic rings. The molecule has 0 aromatic heterocycles. The number of hydrogen-bond acceptors (Lipinski definition) is 4. The highest BCUT2D eigenvalue weighted by atomic mass is 32.2. The number of rotatable bonds is 9. The summed E-state index contributed by atoms with van der Waals surface area (Å²) < 4.78 is 47.7. The minimum absolute atomic E-state index is 0.0125. The van der Waals surface area contributed by atoms with Crippen LogP contribution in [-0.4, -0.2) is 26.5 Å². The van der Waals surface area contributed by atoms with Crippen molar-refractivity contribution in [3.63, 3.8) is 0 Å². The van der Waals surface area contributed by atoms with Gasteiger partial charge in [0.25, 0.3) is 0 Å². The summed E-state index contributed by atoms with van der Waals surface area (Å²) in [5, 5.41) is 2.72. The second-order valence-electron chi connectivity index (χ2n) is 7.47. The van der Waals surface area contributed by atoms with Gasteiger partial charge in [-0.05, 0) is 62.2 Å². The highest BCUT2D eigenvalue weighted by Crippen LogP contribution is 2.19. The molecule has 1 amide bonds. The van der Waals surface area contributed by atoms with E-state index in [0.717, 1.165) is 17.7 Å². The Labute approximate surface area is 187 Å². The quantitative estimate of drug-likeness (QED) is 0.507. The van der Waals surface area contributed by atoms with E-state index in [0.29, 0.717) is 11.4 Å². The molecule has 0 aliphatic carbocycles. The topological polar surface area (TPSA) is 84.5 Å². The van der Waals surface area contributed by atoms with Crippen molar-refractivity contribution in [2.75, 3.05) is 5.32 Å². The van der Waals surface area contributed by atoms with Crippen LogP contribution in [0.4, 0.5) is 10.1 Å². The molecule has 0 radical (unpaired) electrons. The second kappa shape index (κ2) is 10.4. The van der Waals surface area contributed by atoms with Gasteiger partial charge in [0.1, 0.15) is 22.5 Å². The Morgan fingerprint density at radius 2 is 1.56 bits per heavy atom. The van der Waals surface area contributed by atoms with Crippen molar-refractivity contribution < 1.29 is 22.3 Å². The molecule has 8 heteroatoms. The zero-order valence-corrected chi connectivity index (χ0v) is 18.6. The number of carbonyl (C=O) groups excluding carboxylic acids is 1. The maximum absolute atomic E-state index is 14.1. The van der Waals surface area contributed by atoms with Crippen molar-refractivity contribution in [1.29, 1.82) is 0 Å². The first-order valence-electron chi connectivity index (χ1n) is 10.1. The zero-order valence-electron chi connectivity index (χ0n) is 17.8. The van der Waals surface area contributed by atoms with Gasteiger partial charge in [0, 0.05) is 5.69 Å². The van der Waals surface area contributed by atoms with Crippen LogP contribution in [-0.2, 0) is 21.2 Å². The molecule has 3 aromatic rings. The van der Waals surface area contributed by atoms with Crippen LogP contribution in [0.25, 0.3) is 0 Å². The Kier molecular flexibility index (Phi) is 7.61. The monoisotopic (exact) mass is 456 g/mol. The van der Waals surface area contributed by atoms with Crippen molar-refractivity contribution >= 4 is 21.6 Å². The van der Waals surface area contributed by atoms with Crippen molar-refractivity contribution in [1.82, 2.24) is 4.72 Å². The van der Waals surface area contributed by atoms with E-state index in [1.165, 1.54) is 12.1 Å². The molecule has 32 heavy (non-hydrogen) atoms. The first-order valence-corrected chi connectivity index (χ1v) is 11.6. The van der Waals surface area contributed by atoms with Crippen LogP contribution in [0.1, 0.15) is 19.4 Å². The number of halogens is 1. The fourth-order valence-corrected chi connectivity index (χ4v) is 4.34. The average molecular weight is 457 g/mol. The summed E-state index contributed by atoms with van der Waals surface area (Å²) in [7, 11) is -4.27. The summed E-state index contributed by atoms with van der Waals surface area (Å²) in [6.45, 7) is 3.82. The van der Waals surface area contributed by atoms with E-state index >= 15 is 0 Å². The van der Waals surface area contributed by atoms with E-state index in [4.69, 9.17) is 4.74 Å². The lowest BCUT2D eigenvalue weighted by molar-refractivity contribution is -0.117. The number of sulfonamides is 1. The predicted molar refractivity (Wildman–Crippen MR) is 121 cm³/mol. The molecule has 0 heterocycles. The van der Waals surface area contributed by atoms with E-state index in [1.54, 1.807) is 48.5 Å². The molecule has 1 atom stereocenters. The maximum atomic E-state index is 14.1. The molecule has 2 N–H and O–H groups in total.